The van der Waals surface area contributed by atoms with Gasteiger partial charge in [-0.2, -0.15) is 0 Å². The van der Waals surface area contributed by atoms with Gasteiger partial charge in [-0.25, -0.2) is 0 Å². The van der Waals surface area contributed by atoms with E-state index in [1.54, 1.807) is 0 Å². The van der Waals surface area contributed by atoms with Gasteiger partial charge in [0.1, 0.15) is 0 Å². The van der Waals surface area contributed by atoms with Crippen molar-refractivity contribution >= 4 is 9.27 Å². The van der Waals surface area contributed by atoms with Crippen molar-refractivity contribution in [2.24, 2.45) is 0 Å². The normalized spacial score (nSPS) is 7.73. The summed E-state index contributed by atoms with van der Waals surface area (Å²) in [6.45, 7) is 0. The first-order chi connectivity index (χ1) is 5.35. The van der Waals surface area contributed by atoms with Crippen molar-refractivity contribution < 1.29 is 38.9 Å². The average molecular weight is 345 g/mol. The summed E-state index contributed by atoms with van der Waals surface area (Å²) in [6, 6.07) is 9.37. The fourth-order valence-corrected chi connectivity index (χ4v) is 0.521. The molecule has 0 spiro atoms. The molecule has 0 heterocycles. The molecule has 0 aliphatic rings. The Balaban J connectivity index is 0.000000292. The Morgan fingerprint density at radius 2 is 1.64 bits per heavy atom. The molecule has 0 atom stereocenters. The molecule has 0 aromatic heterocycles. The fourth-order valence-electron chi connectivity index (χ4n) is 0.521. The van der Waals surface area contributed by atoms with Gasteiger partial charge in [-0.3, -0.25) is 5.92 Å². The van der Waals surface area contributed by atoms with Crippen molar-refractivity contribution in [3.8, 4) is 5.92 Å². The molecule has 0 amide bonds. The Morgan fingerprint density at radius 1 is 1.18 bits per heavy atom. The van der Waals surface area contributed by atoms with Crippen LogP contribution in [0.1, 0.15) is 5.56 Å². The van der Waals surface area contributed by atoms with Crippen LogP contribution < -0.4 is 0 Å². The molecule has 66 valence electrons. The fraction of sp³-hybridized carbons (Fsp3) is 0. The first-order valence-electron chi connectivity index (χ1n) is 2.61. The standard InChI is InChI=1S/C8H5.2ClH.Yb/c1-2-8-6-4-3-5-7-8;;;/h3-7H;2*1H;/q-1;;;+2/p-2. The molecule has 0 aliphatic heterocycles. The van der Waals surface area contributed by atoms with Gasteiger partial charge in [0.25, 0.3) is 0 Å². The number of benzene rings is 1. The number of hydrogen-bond donors (Lipinski definition) is 0. The predicted octanol–water partition coefficient (Wildman–Crippen LogP) is 3.00. The molecule has 1 rings (SSSR count). The minimum atomic E-state index is -0.139. The molecule has 0 unspecified atom stereocenters. The van der Waals surface area contributed by atoms with E-state index in [0.29, 0.717) is 0 Å². The molecule has 0 N–H and O–H groups in total. The topological polar surface area (TPSA) is 0 Å². The first-order valence-corrected chi connectivity index (χ1v) is 6.91. The quantitative estimate of drug-likeness (QED) is 0.501. The SMILES string of the molecule is [C-]#Cc1ccccc1.[Cl][Yb][Cl]. The second-order valence-electron chi connectivity index (χ2n) is 1.53. The van der Waals surface area contributed by atoms with Gasteiger partial charge in [0.2, 0.25) is 0 Å². The molecule has 0 radical (unpaired) electrons. The Hall–Kier alpha value is 0.879. The van der Waals surface area contributed by atoms with Gasteiger partial charge in [-0.05, 0) is 0 Å². The molecule has 0 nitrogen and oxygen atoms in total. The molecule has 0 bridgehead atoms. The summed E-state index contributed by atoms with van der Waals surface area (Å²) in [6.07, 6.45) is 6.69. The van der Waals surface area contributed by atoms with E-state index in [0.717, 1.165) is 5.56 Å². The van der Waals surface area contributed by atoms with Gasteiger partial charge >= 0.3 is 48.2 Å². The van der Waals surface area contributed by atoms with Crippen molar-refractivity contribution in [3.63, 3.8) is 0 Å². The summed E-state index contributed by atoms with van der Waals surface area (Å²) in [5.74, 6) is 2.28. The maximum absolute atomic E-state index is 6.69. The molecule has 11 heavy (non-hydrogen) atoms. The number of hydrogen-bond acceptors (Lipinski definition) is 0. The molecular formula is C8H5Cl2Yb-. The van der Waals surface area contributed by atoms with Crippen molar-refractivity contribution in [1.29, 1.82) is 0 Å². The van der Waals surface area contributed by atoms with Crippen LogP contribution in [-0.4, -0.2) is 0 Å². The minimum absolute atomic E-state index is 0.139. The van der Waals surface area contributed by atoms with Gasteiger partial charge in [-0.1, -0.05) is 18.2 Å². The third kappa shape index (κ3) is 7.25. The van der Waals surface area contributed by atoms with Gasteiger partial charge in [0.05, 0.1) is 0 Å². The maximum atomic E-state index is 6.69. The second kappa shape index (κ2) is 8.97. The van der Waals surface area contributed by atoms with Crippen LogP contribution in [0, 0.1) is 51.3 Å². The Kier molecular flexibility index (Phi) is 9.69. The van der Waals surface area contributed by atoms with E-state index in [9.17, 15) is 0 Å². The van der Waals surface area contributed by atoms with Crippen molar-refractivity contribution in [3.05, 3.63) is 42.3 Å². The zero-order valence-electron chi connectivity index (χ0n) is 5.41. The second-order valence-corrected chi connectivity index (χ2v) is 4.04. The van der Waals surface area contributed by atoms with Crippen LogP contribution in [0.15, 0.2) is 30.3 Å². The van der Waals surface area contributed by atoms with Crippen LogP contribution in [0.4, 0.5) is 0 Å². The number of rotatable bonds is 0. The van der Waals surface area contributed by atoms with E-state index in [-0.39, 0.29) is 38.9 Å². The van der Waals surface area contributed by atoms with E-state index >= 15 is 0 Å². The van der Waals surface area contributed by atoms with Crippen LogP contribution in [0.25, 0.3) is 0 Å². The molecule has 0 saturated carbocycles. The van der Waals surface area contributed by atoms with E-state index in [1.165, 1.54) is 0 Å². The van der Waals surface area contributed by atoms with Gasteiger partial charge in [-0.15, -0.1) is 17.7 Å². The summed E-state index contributed by atoms with van der Waals surface area (Å²) in [7, 11) is 0. The molecule has 0 fully saturated rings. The van der Waals surface area contributed by atoms with Crippen LogP contribution in [0.2, 0.25) is 0 Å². The van der Waals surface area contributed by atoms with Crippen molar-refractivity contribution in [1.82, 2.24) is 0 Å². The van der Waals surface area contributed by atoms with Crippen molar-refractivity contribution in [2.75, 3.05) is 0 Å². The number of halogens is 2. The van der Waals surface area contributed by atoms with Crippen LogP contribution in [0.5, 0.6) is 0 Å². The molecule has 0 saturated heterocycles. The van der Waals surface area contributed by atoms with E-state index in [2.05, 4.69) is 5.92 Å². The van der Waals surface area contributed by atoms with Crippen LogP contribution in [-0.2, 0) is 0 Å². The molecular weight excluding hydrogens is 340 g/mol. The third-order valence-electron chi connectivity index (χ3n) is 0.918. The van der Waals surface area contributed by atoms with Gasteiger partial charge < -0.3 is 6.42 Å². The summed E-state index contributed by atoms with van der Waals surface area (Å²) < 4.78 is 9.64. The summed E-state index contributed by atoms with van der Waals surface area (Å²) >= 11 is -0.139. The Labute approximate surface area is 94.7 Å². The van der Waals surface area contributed by atoms with Crippen LogP contribution >= 0.6 is 9.27 Å². The first kappa shape index (κ1) is 11.9. The molecule has 3 heteroatoms. The molecule has 1 aromatic rings. The zero-order valence-corrected chi connectivity index (χ0v) is 8.64. The zero-order chi connectivity index (χ0) is 8.53. The molecule has 1 aromatic carbocycles. The summed E-state index contributed by atoms with van der Waals surface area (Å²) in [5.41, 5.74) is 0.826. The van der Waals surface area contributed by atoms with Crippen molar-refractivity contribution in [2.45, 2.75) is 0 Å². The van der Waals surface area contributed by atoms with Gasteiger partial charge in [0.15, 0.2) is 0 Å². The summed E-state index contributed by atoms with van der Waals surface area (Å²) in [4.78, 5) is 0. The van der Waals surface area contributed by atoms with Gasteiger partial charge in [0, 0.05) is 0 Å². The summed E-state index contributed by atoms with van der Waals surface area (Å²) in [5, 5.41) is 0. The molecule has 0 aliphatic carbocycles. The Morgan fingerprint density at radius 3 is 1.91 bits per heavy atom. The third-order valence-corrected chi connectivity index (χ3v) is 0.918. The van der Waals surface area contributed by atoms with E-state index in [4.69, 9.17) is 15.7 Å². The Bertz CT molecular complexity index is 215. The monoisotopic (exact) mass is 345 g/mol. The van der Waals surface area contributed by atoms with E-state index in [1.807, 2.05) is 30.3 Å². The van der Waals surface area contributed by atoms with Crippen LogP contribution in [0.3, 0.4) is 0 Å². The average Bonchev–Trinajstić information content (AvgIpc) is 2.08. The predicted molar refractivity (Wildman–Crippen MR) is 44.4 cm³/mol. The van der Waals surface area contributed by atoms with E-state index < -0.39 is 0 Å².